The summed E-state index contributed by atoms with van der Waals surface area (Å²) in [6, 6.07) is 9.14. The van der Waals surface area contributed by atoms with E-state index < -0.39 is 0 Å². The third-order valence-corrected chi connectivity index (χ3v) is 3.94. The number of aryl methyl sites for hydroxylation is 1. The fourth-order valence-electron chi connectivity index (χ4n) is 2.75. The first-order valence-corrected chi connectivity index (χ1v) is 7.77. The van der Waals surface area contributed by atoms with Crippen molar-refractivity contribution in [3.8, 4) is 5.75 Å². The molecule has 1 saturated carbocycles. The number of ether oxygens (including phenoxy) is 1. The van der Waals surface area contributed by atoms with Gasteiger partial charge in [0.1, 0.15) is 11.9 Å². The van der Waals surface area contributed by atoms with E-state index in [2.05, 4.69) is 43.4 Å². The van der Waals surface area contributed by atoms with E-state index in [0.29, 0.717) is 6.04 Å². The summed E-state index contributed by atoms with van der Waals surface area (Å²) >= 11 is 0. The van der Waals surface area contributed by atoms with E-state index in [0.717, 1.165) is 18.7 Å². The van der Waals surface area contributed by atoms with Crippen molar-refractivity contribution in [3.63, 3.8) is 0 Å². The zero-order chi connectivity index (χ0) is 13.5. The first-order chi connectivity index (χ1) is 9.28. The summed E-state index contributed by atoms with van der Waals surface area (Å²) in [5, 5.41) is 3.65. The molecule has 0 amide bonds. The summed E-state index contributed by atoms with van der Waals surface area (Å²) in [6.45, 7) is 5.27. The van der Waals surface area contributed by atoms with E-state index >= 15 is 0 Å². The quantitative estimate of drug-likeness (QED) is 0.837. The Morgan fingerprint density at radius 1 is 1.26 bits per heavy atom. The lowest BCUT2D eigenvalue weighted by Gasteiger charge is -2.25. The minimum absolute atomic E-state index is 0.231. The van der Waals surface area contributed by atoms with Crippen LogP contribution in [0.15, 0.2) is 24.3 Å². The Morgan fingerprint density at radius 2 is 2.05 bits per heavy atom. The average Bonchev–Trinajstić information content (AvgIpc) is 2.46. The van der Waals surface area contributed by atoms with Crippen LogP contribution in [0.2, 0.25) is 0 Å². The molecule has 19 heavy (non-hydrogen) atoms. The van der Waals surface area contributed by atoms with Crippen LogP contribution in [0.25, 0.3) is 0 Å². The largest absolute Gasteiger partial charge is 0.489 e. The van der Waals surface area contributed by atoms with Crippen molar-refractivity contribution in [3.05, 3.63) is 29.8 Å². The molecule has 0 radical (unpaired) electrons. The van der Waals surface area contributed by atoms with Gasteiger partial charge in [0.15, 0.2) is 0 Å². The molecule has 1 fully saturated rings. The highest BCUT2D eigenvalue weighted by atomic mass is 16.5. The first kappa shape index (κ1) is 14.4. The maximum atomic E-state index is 5.99. The van der Waals surface area contributed by atoms with Crippen LogP contribution in [0, 0.1) is 0 Å². The molecule has 0 heterocycles. The van der Waals surface area contributed by atoms with Crippen molar-refractivity contribution in [2.45, 2.75) is 64.5 Å². The lowest BCUT2D eigenvalue weighted by molar-refractivity contribution is 0.205. The topological polar surface area (TPSA) is 21.3 Å². The Morgan fingerprint density at radius 3 is 2.79 bits per heavy atom. The second-order valence-electron chi connectivity index (χ2n) is 5.67. The van der Waals surface area contributed by atoms with Gasteiger partial charge in [0.05, 0.1) is 0 Å². The summed E-state index contributed by atoms with van der Waals surface area (Å²) in [5.74, 6) is 0.997. The van der Waals surface area contributed by atoms with E-state index in [1.807, 2.05) is 0 Å². The summed E-state index contributed by atoms with van der Waals surface area (Å²) in [7, 11) is 0. The van der Waals surface area contributed by atoms with E-state index in [1.165, 1.54) is 37.7 Å². The van der Waals surface area contributed by atoms with Gasteiger partial charge in [-0.1, -0.05) is 38.3 Å². The van der Waals surface area contributed by atoms with Crippen molar-refractivity contribution in [1.29, 1.82) is 0 Å². The highest BCUT2D eigenvalue weighted by molar-refractivity contribution is 5.28. The second kappa shape index (κ2) is 7.54. The molecule has 1 aliphatic rings. The molecule has 1 unspecified atom stereocenters. The maximum absolute atomic E-state index is 5.99. The molecular formula is C17H27NO. The third kappa shape index (κ3) is 4.87. The van der Waals surface area contributed by atoms with E-state index in [9.17, 15) is 0 Å². The molecule has 1 atom stereocenters. The van der Waals surface area contributed by atoms with Crippen molar-refractivity contribution in [1.82, 2.24) is 5.32 Å². The lowest BCUT2D eigenvalue weighted by Crippen LogP contribution is -2.37. The lowest BCUT2D eigenvalue weighted by atomic mass is 9.95. The summed E-state index contributed by atoms with van der Waals surface area (Å²) in [6.07, 6.45) is 8.13. The van der Waals surface area contributed by atoms with Crippen LogP contribution < -0.4 is 10.1 Å². The molecule has 106 valence electrons. The molecule has 0 saturated heterocycles. The van der Waals surface area contributed by atoms with Gasteiger partial charge < -0.3 is 10.1 Å². The molecule has 1 aromatic carbocycles. The molecule has 0 spiro atoms. The molecular weight excluding hydrogens is 234 g/mol. The summed E-state index contributed by atoms with van der Waals surface area (Å²) in [4.78, 5) is 0. The van der Waals surface area contributed by atoms with Crippen LogP contribution in [-0.4, -0.2) is 18.7 Å². The average molecular weight is 261 g/mol. The van der Waals surface area contributed by atoms with E-state index in [1.54, 1.807) is 0 Å². The first-order valence-electron chi connectivity index (χ1n) is 7.77. The van der Waals surface area contributed by atoms with Gasteiger partial charge in [-0.25, -0.2) is 0 Å². The number of benzene rings is 1. The second-order valence-corrected chi connectivity index (χ2v) is 5.67. The third-order valence-electron chi connectivity index (χ3n) is 3.94. The zero-order valence-electron chi connectivity index (χ0n) is 12.3. The van der Waals surface area contributed by atoms with Crippen molar-refractivity contribution >= 4 is 0 Å². The molecule has 1 N–H and O–H groups in total. The van der Waals surface area contributed by atoms with Crippen LogP contribution in [0.1, 0.15) is 51.5 Å². The molecule has 2 rings (SSSR count). The maximum Gasteiger partial charge on any atom is 0.120 e. The highest BCUT2D eigenvalue weighted by Gasteiger charge is 2.14. The minimum atomic E-state index is 0.231. The van der Waals surface area contributed by atoms with Crippen molar-refractivity contribution < 1.29 is 4.74 Å². The molecule has 0 aliphatic heterocycles. The Balaban J connectivity index is 1.75. The van der Waals surface area contributed by atoms with Gasteiger partial charge in [-0.2, -0.15) is 0 Å². The van der Waals surface area contributed by atoms with Gasteiger partial charge in [-0.05, 0) is 43.9 Å². The van der Waals surface area contributed by atoms with Gasteiger partial charge in [-0.3, -0.25) is 0 Å². The smallest absolute Gasteiger partial charge is 0.120 e. The molecule has 2 nitrogen and oxygen atoms in total. The minimum Gasteiger partial charge on any atom is -0.489 e. The van der Waals surface area contributed by atoms with Crippen LogP contribution >= 0.6 is 0 Å². The Hall–Kier alpha value is -1.02. The van der Waals surface area contributed by atoms with Gasteiger partial charge >= 0.3 is 0 Å². The van der Waals surface area contributed by atoms with Crippen molar-refractivity contribution in [2.24, 2.45) is 0 Å². The Bertz CT molecular complexity index is 371. The molecule has 2 heteroatoms. The summed E-state index contributed by atoms with van der Waals surface area (Å²) in [5.41, 5.74) is 1.34. The van der Waals surface area contributed by atoms with Crippen LogP contribution in [-0.2, 0) is 6.42 Å². The highest BCUT2D eigenvalue weighted by Crippen LogP contribution is 2.18. The molecule has 0 bridgehead atoms. The van der Waals surface area contributed by atoms with E-state index in [4.69, 9.17) is 4.74 Å². The monoisotopic (exact) mass is 261 g/mol. The van der Waals surface area contributed by atoms with Gasteiger partial charge in [0.25, 0.3) is 0 Å². The number of nitrogens with one attached hydrogen (secondary N) is 1. The standard InChI is InChI=1S/C17H27NO/c1-3-15-8-7-11-17(12-15)19-14(2)13-18-16-9-5-4-6-10-16/h7-8,11-12,14,16,18H,3-6,9-10,13H2,1-2H3. The predicted molar refractivity (Wildman–Crippen MR) is 80.8 cm³/mol. The Labute approximate surface area is 117 Å². The number of hydrogen-bond acceptors (Lipinski definition) is 2. The fraction of sp³-hybridized carbons (Fsp3) is 0.647. The van der Waals surface area contributed by atoms with Gasteiger partial charge in [-0.15, -0.1) is 0 Å². The molecule has 0 aromatic heterocycles. The normalized spacial score (nSPS) is 18.2. The van der Waals surface area contributed by atoms with Gasteiger partial charge in [0.2, 0.25) is 0 Å². The van der Waals surface area contributed by atoms with Crippen molar-refractivity contribution in [2.75, 3.05) is 6.54 Å². The number of hydrogen-bond donors (Lipinski definition) is 1. The van der Waals surface area contributed by atoms with Crippen LogP contribution in [0.4, 0.5) is 0 Å². The predicted octanol–water partition coefficient (Wildman–Crippen LogP) is 3.94. The van der Waals surface area contributed by atoms with E-state index in [-0.39, 0.29) is 6.10 Å². The Kier molecular flexibility index (Phi) is 5.71. The van der Waals surface area contributed by atoms with Crippen LogP contribution in [0.5, 0.6) is 5.75 Å². The summed E-state index contributed by atoms with van der Waals surface area (Å²) < 4.78 is 5.99. The number of rotatable bonds is 6. The van der Waals surface area contributed by atoms with Crippen LogP contribution in [0.3, 0.4) is 0 Å². The molecule has 1 aromatic rings. The van der Waals surface area contributed by atoms with Gasteiger partial charge in [0, 0.05) is 12.6 Å². The molecule has 1 aliphatic carbocycles. The SMILES string of the molecule is CCc1cccc(OC(C)CNC2CCCCC2)c1. The zero-order valence-corrected chi connectivity index (χ0v) is 12.3. The fourth-order valence-corrected chi connectivity index (χ4v) is 2.75.